The van der Waals surface area contributed by atoms with Crippen LogP contribution < -0.4 is 15.0 Å². The largest absolute Gasteiger partial charge is 0.494 e. The van der Waals surface area contributed by atoms with Gasteiger partial charge in [0, 0.05) is 15.6 Å². The number of alkyl halides is 3. The van der Waals surface area contributed by atoms with Gasteiger partial charge < -0.3 is 10.1 Å². The van der Waals surface area contributed by atoms with Crippen molar-refractivity contribution in [3.63, 3.8) is 0 Å². The molecule has 5 nitrogen and oxygen atoms in total. The molecule has 2 amide bonds. The number of benzene rings is 3. The van der Waals surface area contributed by atoms with Gasteiger partial charge in [-0.25, -0.2) is 4.90 Å². The first-order valence-corrected chi connectivity index (χ1v) is 11.6. The zero-order valence-corrected chi connectivity index (χ0v) is 19.8. The Bertz CT molecular complexity index is 1290. The molecule has 0 saturated carbocycles. The minimum atomic E-state index is -4.63. The molecule has 1 N–H and O–H groups in total. The molecule has 0 saturated heterocycles. The summed E-state index contributed by atoms with van der Waals surface area (Å²) >= 11 is 6.96. The first-order chi connectivity index (χ1) is 16.7. The molecule has 35 heavy (non-hydrogen) atoms. The Morgan fingerprint density at radius 2 is 1.66 bits per heavy atom. The highest BCUT2D eigenvalue weighted by atomic mass is 35.5. The lowest BCUT2D eigenvalue weighted by atomic mass is 10.2. The van der Waals surface area contributed by atoms with Crippen LogP contribution in [0.3, 0.4) is 0 Å². The maximum absolute atomic E-state index is 13.4. The normalized spacial score (nSPS) is 14.0. The molecule has 0 spiro atoms. The van der Waals surface area contributed by atoms with Gasteiger partial charge in [0.2, 0.25) is 0 Å². The molecule has 0 aliphatic carbocycles. The lowest BCUT2D eigenvalue weighted by Gasteiger charge is -2.17. The van der Waals surface area contributed by atoms with Crippen molar-refractivity contribution in [1.29, 1.82) is 0 Å². The summed E-state index contributed by atoms with van der Waals surface area (Å²) in [6.07, 6.45) is -4.63. The quantitative estimate of drug-likeness (QED) is 0.351. The van der Waals surface area contributed by atoms with Gasteiger partial charge in [-0.2, -0.15) is 13.2 Å². The van der Waals surface area contributed by atoms with Crippen molar-refractivity contribution in [3.05, 3.63) is 94.0 Å². The molecule has 10 heteroatoms. The van der Waals surface area contributed by atoms with Crippen LogP contribution in [0.2, 0.25) is 5.02 Å². The fourth-order valence-corrected chi connectivity index (χ4v) is 4.39. The third kappa shape index (κ3) is 5.47. The SMILES string of the molecule is CCOc1ccc(NC2=C(Sc3ccc(Cl)cc3)C(=O)N(c3cccc(C(F)(F)F)c3)C2=O)cc1. The van der Waals surface area contributed by atoms with Crippen molar-refractivity contribution >= 4 is 46.6 Å². The van der Waals surface area contributed by atoms with E-state index in [-0.39, 0.29) is 16.3 Å². The number of hydrogen-bond acceptors (Lipinski definition) is 5. The van der Waals surface area contributed by atoms with Crippen LogP contribution in [0.1, 0.15) is 12.5 Å². The van der Waals surface area contributed by atoms with E-state index in [1.54, 1.807) is 48.5 Å². The highest BCUT2D eigenvalue weighted by Crippen LogP contribution is 2.39. The van der Waals surface area contributed by atoms with E-state index in [0.717, 1.165) is 34.9 Å². The van der Waals surface area contributed by atoms with E-state index in [1.807, 2.05) is 6.92 Å². The van der Waals surface area contributed by atoms with Gasteiger partial charge in [0.05, 0.1) is 17.9 Å². The van der Waals surface area contributed by atoms with Gasteiger partial charge in [0.15, 0.2) is 0 Å². The molecule has 0 fully saturated rings. The molecule has 0 atom stereocenters. The molecular formula is C25H18ClF3N2O3S. The van der Waals surface area contributed by atoms with E-state index in [4.69, 9.17) is 16.3 Å². The van der Waals surface area contributed by atoms with Crippen LogP contribution in [-0.4, -0.2) is 18.4 Å². The van der Waals surface area contributed by atoms with Crippen LogP contribution in [0.25, 0.3) is 0 Å². The number of carbonyl (C=O) groups excluding carboxylic acids is 2. The average molecular weight is 519 g/mol. The zero-order chi connectivity index (χ0) is 25.2. The fourth-order valence-electron chi connectivity index (χ4n) is 3.34. The second-order valence-electron chi connectivity index (χ2n) is 7.34. The van der Waals surface area contributed by atoms with Crippen LogP contribution in [0.15, 0.2) is 88.3 Å². The highest BCUT2D eigenvalue weighted by Gasteiger charge is 2.41. The number of carbonyl (C=O) groups is 2. The molecule has 0 radical (unpaired) electrons. The molecule has 0 aromatic heterocycles. The summed E-state index contributed by atoms with van der Waals surface area (Å²) in [7, 11) is 0. The Morgan fingerprint density at radius 3 is 2.29 bits per heavy atom. The van der Waals surface area contributed by atoms with Crippen molar-refractivity contribution < 1.29 is 27.5 Å². The van der Waals surface area contributed by atoms with E-state index >= 15 is 0 Å². The predicted molar refractivity (Wildman–Crippen MR) is 130 cm³/mol. The van der Waals surface area contributed by atoms with Gasteiger partial charge in [0.1, 0.15) is 16.4 Å². The molecular weight excluding hydrogens is 501 g/mol. The molecule has 0 bridgehead atoms. The average Bonchev–Trinajstić information content (AvgIpc) is 3.05. The number of nitrogens with zero attached hydrogens (tertiary/aromatic N) is 1. The van der Waals surface area contributed by atoms with Crippen LogP contribution >= 0.6 is 23.4 Å². The number of halogens is 4. The fraction of sp³-hybridized carbons (Fsp3) is 0.120. The van der Waals surface area contributed by atoms with Crippen LogP contribution in [0.4, 0.5) is 24.5 Å². The van der Waals surface area contributed by atoms with Crippen molar-refractivity contribution in [2.45, 2.75) is 18.0 Å². The summed E-state index contributed by atoms with van der Waals surface area (Å²) in [6.45, 7) is 2.33. The van der Waals surface area contributed by atoms with E-state index in [9.17, 15) is 22.8 Å². The number of rotatable bonds is 7. The van der Waals surface area contributed by atoms with Gasteiger partial charge in [-0.1, -0.05) is 29.4 Å². The minimum Gasteiger partial charge on any atom is -0.494 e. The first-order valence-electron chi connectivity index (χ1n) is 10.4. The third-order valence-electron chi connectivity index (χ3n) is 4.94. The Labute approximate surface area is 208 Å². The zero-order valence-electron chi connectivity index (χ0n) is 18.2. The monoisotopic (exact) mass is 518 g/mol. The van der Waals surface area contributed by atoms with Gasteiger partial charge >= 0.3 is 6.18 Å². The number of imide groups is 1. The molecule has 1 aliphatic rings. The Kier molecular flexibility index (Phi) is 7.09. The molecule has 1 aliphatic heterocycles. The predicted octanol–water partition coefficient (Wildman–Crippen LogP) is 6.75. The third-order valence-corrected chi connectivity index (χ3v) is 6.28. The number of ether oxygens (including phenoxy) is 1. The van der Waals surface area contributed by atoms with Crippen molar-refractivity contribution in [3.8, 4) is 5.75 Å². The van der Waals surface area contributed by atoms with Crippen molar-refractivity contribution in [2.24, 2.45) is 0 Å². The number of anilines is 2. The second kappa shape index (κ2) is 10.1. The van der Waals surface area contributed by atoms with Crippen LogP contribution in [-0.2, 0) is 15.8 Å². The lowest BCUT2D eigenvalue weighted by Crippen LogP contribution is -2.32. The van der Waals surface area contributed by atoms with E-state index in [0.29, 0.717) is 28.0 Å². The highest BCUT2D eigenvalue weighted by molar-refractivity contribution is 8.04. The lowest BCUT2D eigenvalue weighted by molar-refractivity contribution is -0.137. The molecule has 180 valence electrons. The maximum Gasteiger partial charge on any atom is 0.416 e. The second-order valence-corrected chi connectivity index (χ2v) is 8.86. The van der Waals surface area contributed by atoms with Gasteiger partial charge in [0.25, 0.3) is 11.8 Å². The number of thioether (sulfide) groups is 1. The van der Waals surface area contributed by atoms with E-state index in [1.165, 1.54) is 6.07 Å². The summed E-state index contributed by atoms with van der Waals surface area (Å²) in [5, 5.41) is 3.46. The number of amides is 2. The minimum absolute atomic E-state index is 0.0449. The number of hydrogen-bond donors (Lipinski definition) is 1. The summed E-state index contributed by atoms with van der Waals surface area (Å²) in [5.41, 5.74) is -0.677. The smallest absolute Gasteiger partial charge is 0.416 e. The van der Waals surface area contributed by atoms with Crippen LogP contribution in [0.5, 0.6) is 5.75 Å². The first kappa shape index (κ1) is 24.7. The van der Waals surface area contributed by atoms with Gasteiger partial charge in [-0.15, -0.1) is 0 Å². The van der Waals surface area contributed by atoms with Crippen molar-refractivity contribution in [2.75, 3.05) is 16.8 Å². The van der Waals surface area contributed by atoms with E-state index < -0.39 is 23.6 Å². The Morgan fingerprint density at radius 1 is 0.971 bits per heavy atom. The molecule has 1 heterocycles. The summed E-state index contributed by atoms with van der Waals surface area (Å²) in [6, 6.07) is 17.5. The topological polar surface area (TPSA) is 58.6 Å². The Balaban J connectivity index is 1.72. The summed E-state index contributed by atoms with van der Waals surface area (Å²) < 4.78 is 45.2. The Hall–Kier alpha value is -3.43. The summed E-state index contributed by atoms with van der Waals surface area (Å²) in [5.74, 6) is -0.871. The molecule has 3 aromatic rings. The standard InChI is InChI=1S/C25H18ClF3N2O3S/c1-2-34-19-10-8-17(9-11-19)30-21-22(35-20-12-6-16(26)7-13-20)24(33)31(23(21)32)18-5-3-4-15(14-18)25(27,28)29/h3-14,30H,2H2,1H3. The van der Waals surface area contributed by atoms with Crippen LogP contribution in [0, 0.1) is 0 Å². The molecule has 3 aromatic carbocycles. The number of nitrogens with one attached hydrogen (secondary N) is 1. The maximum atomic E-state index is 13.4. The molecule has 4 rings (SSSR count). The van der Waals surface area contributed by atoms with E-state index in [2.05, 4.69) is 5.32 Å². The van der Waals surface area contributed by atoms with Crippen molar-refractivity contribution in [1.82, 2.24) is 0 Å². The van der Waals surface area contributed by atoms with Gasteiger partial charge in [-0.3, -0.25) is 9.59 Å². The van der Waals surface area contributed by atoms with Gasteiger partial charge in [-0.05, 0) is 73.7 Å². The summed E-state index contributed by atoms with van der Waals surface area (Å²) in [4.78, 5) is 28.1. The molecule has 0 unspecified atom stereocenters.